The van der Waals surface area contributed by atoms with Crippen LogP contribution in [0.4, 0.5) is 5.95 Å². The highest BCUT2D eigenvalue weighted by molar-refractivity contribution is 7.71. The predicted octanol–water partition coefficient (Wildman–Crippen LogP) is 0.948. The molecule has 1 aromatic heterocycles. The summed E-state index contributed by atoms with van der Waals surface area (Å²) in [5.41, 5.74) is 5.68. The van der Waals surface area contributed by atoms with Crippen LogP contribution >= 0.6 is 12.2 Å². The Kier molecular flexibility index (Phi) is 2.56. The van der Waals surface area contributed by atoms with Crippen LogP contribution in [-0.2, 0) is 11.3 Å². The number of nitrogens with two attached hydrogens (primary N) is 1. The van der Waals surface area contributed by atoms with Gasteiger partial charge in [-0.3, -0.25) is 4.57 Å². The van der Waals surface area contributed by atoms with Crippen LogP contribution in [-0.4, -0.2) is 27.5 Å². The highest BCUT2D eigenvalue weighted by Gasteiger charge is 2.25. The summed E-state index contributed by atoms with van der Waals surface area (Å²) in [6, 6.07) is 0. The van der Waals surface area contributed by atoms with Gasteiger partial charge in [-0.25, -0.2) is 5.10 Å². The fourth-order valence-corrected chi connectivity index (χ4v) is 1.97. The van der Waals surface area contributed by atoms with Gasteiger partial charge >= 0.3 is 0 Å². The Bertz CT molecular complexity index is 372. The topological polar surface area (TPSA) is 68.9 Å². The maximum absolute atomic E-state index is 5.68. The number of hydrogen-bond donors (Lipinski definition) is 2. The molecule has 78 valence electrons. The molecule has 0 spiro atoms. The first kappa shape index (κ1) is 9.67. The molecule has 5 nitrogen and oxygen atoms in total. The molecule has 1 saturated heterocycles. The maximum atomic E-state index is 5.68. The van der Waals surface area contributed by atoms with Crippen molar-refractivity contribution in [2.75, 3.05) is 12.3 Å². The normalized spacial score (nSPS) is 26.9. The van der Waals surface area contributed by atoms with Gasteiger partial charge in [-0.1, -0.05) is 0 Å². The van der Waals surface area contributed by atoms with E-state index in [1.54, 1.807) is 0 Å². The molecule has 0 saturated carbocycles. The van der Waals surface area contributed by atoms with Crippen LogP contribution in [0.25, 0.3) is 0 Å². The van der Waals surface area contributed by atoms with Gasteiger partial charge in [0.05, 0.1) is 6.10 Å². The first-order valence-electron chi connectivity index (χ1n) is 4.71. The van der Waals surface area contributed by atoms with Crippen molar-refractivity contribution in [3.05, 3.63) is 4.77 Å². The zero-order chi connectivity index (χ0) is 10.1. The van der Waals surface area contributed by atoms with Gasteiger partial charge in [0.2, 0.25) is 5.95 Å². The fourth-order valence-electron chi connectivity index (χ4n) is 1.76. The molecule has 2 atom stereocenters. The summed E-state index contributed by atoms with van der Waals surface area (Å²) in [7, 11) is 0. The van der Waals surface area contributed by atoms with Crippen LogP contribution in [0.1, 0.15) is 13.3 Å². The smallest absolute Gasteiger partial charge is 0.220 e. The van der Waals surface area contributed by atoms with E-state index in [0.717, 1.165) is 19.6 Å². The average Bonchev–Trinajstić information content (AvgIpc) is 2.67. The zero-order valence-electron chi connectivity index (χ0n) is 8.06. The van der Waals surface area contributed by atoms with E-state index in [-0.39, 0.29) is 6.10 Å². The number of anilines is 1. The van der Waals surface area contributed by atoms with Crippen molar-refractivity contribution >= 4 is 18.2 Å². The number of aromatic amines is 1. The highest BCUT2D eigenvalue weighted by Crippen LogP contribution is 2.22. The molecular weight excluding hydrogens is 200 g/mol. The minimum absolute atomic E-state index is 0.284. The van der Waals surface area contributed by atoms with Gasteiger partial charge in [0, 0.05) is 19.1 Å². The molecule has 0 bridgehead atoms. The first-order chi connectivity index (χ1) is 6.68. The van der Waals surface area contributed by atoms with E-state index >= 15 is 0 Å². The Balaban J connectivity index is 2.14. The summed E-state index contributed by atoms with van der Waals surface area (Å²) in [6.45, 7) is 3.71. The van der Waals surface area contributed by atoms with E-state index in [4.69, 9.17) is 22.7 Å². The van der Waals surface area contributed by atoms with Crippen molar-refractivity contribution in [2.24, 2.45) is 5.92 Å². The molecule has 0 radical (unpaired) electrons. The molecule has 0 aliphatic carbocycles. The summed E-state index contributed by atoms with van der Waals surface area (Å²) in [5.74, 6) is 0.940. The quantitative estimate of drug-likeness (QED) is 0.719. The molecule has 3 N–H and O–H groups in total. The standard InChI is InChI=1S/C8H14N4OS/c1-5-6(2-3-13-5)4-12-7(9)10-11-8(12)14/h5-6H,2-4H2,1H3,(H2,9,10)(H,11,14). The van der Waals surface area contributed by atoms with Gasteiger partial charge in [0.15, 0.2) is 4.77 Å². The summed E-state index contributed by atoms with van der Waals surface area (Å²) in [4.78, 5) is 0. The lowest BCUT2D eigenvalue weighted by molar-refractivity contribution is 0.102. The molecule has 1 aliphatic heterocycles. The van der Waals surface area contributed by atoms with Crippen molar-refractivity contribution in [3.8, 4) is 0 Å². The van der Waals surface area contributed by atoms with Gasteiger partial charge in [0.1, 0.15) is 0 Å². The lowest BCUT2D eigenvalue weighted by Gasteiger charge is -2.14. The largest absolute Gasteiger partial charge is 0.378 e. The molecule has 2 unspecified atom stereocenters. The SMILES string of the molecule is CC1OCCC1Cn1c(N)n[nH]c1=S. The minimum Gasteiger partial charge on any atom is -0.378 e. The Morgan fingerprint density at radius 2 is 2.57 bits per heavy atom. The van der Waals surface area contributed by atoms with Gasteiger partial charge in [-0.2, -0.15) is 0 Å². The monoisotopic (exact) mass is 214 g/mol. The van der Waals surface area contributed by atoms with Crippen molar-refractivity contribution < 1.29 is 4.74 Å². The minimum atomic E-state index is 0.284. The molecular formula is C8H14N4OS. The molecule has 0 amide bonds. The maximum Gasteiger partial charge on any atom is 0.220 e. The van der Waals surface area contributed by atoms with E-state index < -0.39 is 0 Å². The lowest BCUT2D eigenvalue weighted by Crippen LogP contribution is -2.19. The van der Waals surface area contributed by atoms with Crippen LogP contribution in [0.2, 0.25) is 0 Å². The molecule has 1 aromatic rings. The van der Waals surface area contributed by atoms with Crippen LogP contribution < -0.4 is 5.73 Å². The number of H-pyrrole nitrogens is 1. The molecule has 0 aromatic carbocycles. The number of nitrogens with one attached hydrogen (secondary N) is 1. The third-order valence-corrected chi connectivity index (χ3v) is 3.05. The van der Waals surface area contributed by atoms with E-state index in [9.17, 15) is 0 Å². The lowest BCUT2D eigenvalue weighted by atomic mass is 10.0. The van der Waals surface area contributed by atoms with E-state index in [1.807, 2.05) is 4.57 Å². The molecule has 2 rings (SSSR count). The average molecular weight is 214 g/mol. The Morgan fingerprint density at radius 3 is 3.07 bits per heavy atom. The summed E-state index contributed by atoms with van der Waals surface area (Å²) in [6.07, 6.45) is 1.35. The molecule has 14 heavy (non-hydrogen) atoms. The fraction of sp³-hybridized carbons (Fsp3) is 0.750. The van der Waals surface area contributed by atoms with E-state index in [0.29, 0.717) is 16.6 Å². The number of nitrogens with zero attached hydrogens (tertiary/aromatic N) is 2. The molecule has 1 fully saturated rings. The molecule has 6 heteroatoms. The first-order valence-corrected chi connectivity index (χ1v) is 5.11. The second kappa shape index (κ2) is 3.70. The van der Waals surface area contributed by atoms with E-state index in [2.05, 4.69) is 17.1 Å². The zero-order valence-corrected chi connectivity index (χ0v) is 8.88. The van der Waals surface area contributed by atoms with Crippen LogP contribution in [0.5, 0.6) is 0 Å². The van der Waals surface area contributed by atoms with Crippen molar-refractivity contribution in [3.63, 3.8) is 0 Å². The number of ether oxygens (including phenoxy) is 1. The predicted molar refractivity (Wildman–Crippen MR) is 55.3 cm³/mol. The Morgan fingerprint density at radius 1 is 1.79 bits per heavy atom. The molecule has 2 heterocycles. The Hall–Kier alpha value is -0.880. The van der Waals surface area contributed by atoms with Crippen molar-refractivity contribution in [1.82, 2.24) is 14.8 Å². The Labute approximate surface area is 87.3 Å². The highest BCUT2D eigenvalue weighted by atomic mass is 32.1. The molecule has 1 aliphatic rings. The summed E-state index contributed by atoms with van der Waals surface area (Å²) >= 11 is 5.07. The number of rotatable bonds is 2. The van der Waals surface area contributed by atoms with E-state index in [1.165, 1.54) is 0 Å². The van der Waals surface area contributed by atoms with Gasteiger partial charge < -0.3 is 10.5 Å². The summed E-state index contributed by atoms with van der Waals surface area (Å²) < 4.78 is 7.88. The van der Waals surface area contributed by atoms with Gasteiger partial charge in [-0.15, -0.1) is 5.10 Å². The van der Waals surface area contributed by atoms with Crippen LogP contribution in [0.3, 0.4) is 0 Å². The van der Waals surface area contributed by atoms with Crippen LogP contribution in [0.15, 0.2) is 0 Å². The van der Waals surface area contributed by atoms with Gasteiger partial charge in [-0.05, 0) is 25.6 Å². The summed E-state index contributed by atoms with van der Waals surface area (Å²) in [5, 5.41) is 6.54. The third kappa shape index (κ3) is 1.67. The van der Waals surface area contributed by atoms with Crippen LogP contribution in [0, 0.1) is 10.7 Å². The number of nitrogen functional groups attached to an aromatic ring is 1. The third-order valence-electron chi connectivity index (χ3n) is 2.74. The second-order valence-electron chi connectivity index (χ2n) is 3.62. The second-order valence-corrected chi connectivity index (χ2v) is 4.01. The van der Waals surface area contributed by atoms with Gasteiger partial charge in [0.25, 0.3) is 0 Å². The number of aromatic nitrogens is 3. The van der Waals surface area contributed by atoms with Crippen molar-refractivity contribution in [1.29, 1.82) is 0 Å². The number of hydrogen-bond acceptors (Lipinski definition) is 4. The van der Waals surface area contributed by atoms with Crippen molar-refractivity contribution in [2.45, 2.75) is 26.0 Å².